The van der Waals surface area contributed by atoms with Crippen molar-refractivity contribution in [3.63, 3.8) is 0 Å². The molecule has 3 nitrogen and oxygen atoms in total. The molecule has 0 saturated carbocycles. The van der Waals surface area contributed by atoms with E-state index in [1.54, 1.807) is 0 Å². The van der Waals surface area contributed by atoms with Crippen LogP contribution in [-0.4, -0.2) is 61.3 Å². The molecule has 0 aromatic heterocycles. The van der Waals surface area contributed by atoms with Crippen molar-refractivity contribution >= 4 is 11.8 Å². The highest BCUT2D eigenvalue weighted by atomic mass is 32.2. The molecule has 3 heterocycles. The third-order valence-electron chi connectivity index (χ3n) is 4.98. The summed E-state index contributed by atoms with van der Waals surface area (Å²) in [4.78, 5) is 2.48. The number of nitrogens with zero attached hydrogens (tertiary/aromatic N) is 1. The van der Waals surface area contributed by atoms with Gasteiger partial charge in [0.15, 0.2) is 0 Å². The highest BCUT2D eigenvalue weighted by Crippen LogP contribution is 2.38. The maximum atomic E-state index is 6.10. The van der Waals surface area contributed by atoms with Gasteiger partial charge in [0, 0.05) is 24.9 Å². The molecule has 3 unspecified atom stereocenters. The number of hydrogen-bond donors (Lipinski definition) is 1. The third kappa shape index (κ3) is 3.66. The molecular formula is C15H28N2OS. The van der Waals surface area contributed by atoms with Crippen LogP contribution in [0.25, 0.3) is 0 Å². The molecule has 0 radical (unpaired) electrons. The number of thioether (sulfide) groups is 1. The summed E-state index contributed by atoms with van der Waals surface area (Å²) in [6, 6.07) is 0.694. The number of piperidine rings is 1. The number of hydrogen-bond acceptors (Lipinski definition) is 4. The molecule has 4 heteroatoms. The fourth-order valence-electron chi connectivity index (χ4n) is 3.84. The topological polar surface area (TPSA) is 24.5 Å². The SMILES string of the molecule is CN1CCCC(CNC2CCOC3(CCSC3)C2)C1. The molecule has 110 valence electrons. The molecule has 0 bridgehead atoms. The average molecular weight is 284 g/mol. The van der Waals surface area contributed by atoms with Crippen LogP contribution in [0.15, 0.2) is 0 Å². The molecule has 3 rings (SSSR count). The molecular weight excluding hydrogens is 256 g/mol. The molecule has 0 aliphatic carbocycles. The van der Waals surface area contributed by atoms with E-state index in [2.05, 4.69) is 29.0 Å². The first kappa shape index (κ1) is 14.2. The van der Waals surface area contributed by atoms with E-state index in [9.17, 15) is 0 Å². The van der Waals surface area contributed by atoms with Crippen molar-refractivity contribution in [2.45, 2.75) is 43.7 Å². The second-order valence-corrected chi connectivity index (χ2v) is 7.81. The lowest BCUT2D eigenvalue weighted by atomic mass is 9.89. The van der Waals surface area contributed by atoms with Gasteiger partial charge in [0.25, 0.3) is 0 Å². The Bertz CT molecular complexity index is 294. The minimum absolute atomic E-state index is 0.226. The second-order valence-electron chi connectivity index (χ2n) is 6.70. The van der Waals surface area contributed by atoms with E-state index in [1.807, 2.05) is 0 Å². The van der Waals surface area contributed by atoms with Crippen LogP contribution in [0, 0.1) is 5.92 Å². The van der Waals surface area contributed by atoms with Crippen molar-refractivity contribution in [3.05, 3.63) is 0 Å². The Balaban J connectivity index is 1.44. The fourth-order valence-corrected chi connectivity index (χ4v) is 5.22. The third-order valence-corrected chi connectivity index (χ3v) is 6.20. The van der Waals surface area contributed by atoms with Crippen LogP contribution in [0.4, 0.5) is 0 Å². The molecule has 3 saturated heterocycles. The van der Waals surface area contributed by atoms with Gasteiger partial charge in [-0.1, -0.05) is 0 Å². The molecule has 1 spiro atoms. The van der Waals surface area contributed by atoms with Gasteiger partial charge >= 0.3 is 0 Å². The lowest BCUT2D eigenvalue weighted by Gasteiger charge is -2.39. The van der Waals surface area contributed by atoms with E-state index in [4.69, 9.17) is 4.74 Å². The van der Waals surface area contributed by atoms with Crippen molar-refractivity contribution in [2.24, 2.45) is 5.92 Å². The zero-order valence-electron chi connectivity index (χ0n) is 12.2. The van der Waals surface area contributed by atoms with E-state index < -0.39 is 0 Å². The van der Waals surface area contributed by atoms with Crippen LogP contribution in [-0.2, 0) is 4.74 Å². The summed E-state index contributed by atoms with van der Waals surface area (Å²) in [6.45, 7) is 4.73. The number of rotatable bonds is 3. The summed E-state index contributed by atoms with van der Waals surface area (Å²) in [6.07, 6.45) is 6.48. The minimum Gasteiger partial charge on any atom is -0.374 e. The van der Waals surface area contributed by atoms with Crippen molar-refractivity contribution in [2.75, 3.05) is 44.8 Å². The Hall–Kier alpha value is 0.230. The van der Waals surface area contributed by atoms with Gasteiger partial charge in [-0.25, -0.2) is 0 Å². The first-order valence-corrected chi connectivity index (χ1v) is 9.05. The van der Waals surface area contributed by atoms with Crippen LogP contribution >= 0.6 is 11.8 Å². The second kappa shape index (κ2) is 6.33. The van der Waals surface area contributed by atoms with Crippen LogP contribution in [0.1, 0.15) is 32.1 Å². The normalized spacial score (nSPS) is 40.9. The van der Waals surface area contributed by atoms with Gasteiger partial charge in [0.1, 0.15) is 0 Å². The first-order chi connectivity index (χ1) is 9.26. The Morgan fingerprint density at radius 1 is 1.42 bits per heavy atom. The molecule has 0 aromatic rings. The van der Waals surface area contributed by atoms with Gasteiger partial charge in [-0.05, 0) is 63.9 Å². The maximum absolute atomic E-state index is 6.10. The van der Waals surface area contributed by atoms with Crippen LogP contribution in [0.2, 0.25) is 0 Å². The van der Waals surface area contributed by atoms with E-state index >= 15 is 0 Å². The Morgan fingerprint density at radius 3 is 3.16 bits per heavy atom. The zero-order chi connectivity index (χ0) is 13.1. The van der Waals surface area contributed by atoms with Crippen molar-refractivity contribution < 1.29 is 4.74 Å². The van der Waals surface area contributed by atoms with E-state index in [-0.39, 0.29) is 5.60 Å². The minimum atomic E-state index is 0.226. The largest absolute Gasteiger partial charge is 0.374 e. The molecule has 1 N–H and O–H groups in total. The molecule has 0 amide bonds. The van der Waals surface area contributed by atoms with Gasteiger partial charge in [-0.2, -0.15) is 11.8 Å². The monoisotopic (exact) mass is 284 g/mol. The van der Waals surface area contributed by atoms with E-state index in [0.29, 0.717) is 6.04 Å². The van der Waals surface area contributed by atoms with Gasteiger partial charge < -0.3 is 15.0 Å². The summed E-state index contributed by atoms with van der Waals surface area (Å²) in [5.41, 5.74) is 0.226. The standard InChI is InChI=1S/C15H28N2OS/c1-17-6-2-3-13(11-17)10-16-14-4-7-18-15(9-14)5-8-19-12-15/h13-14,16H,2-12H2,1H3. The summed E-state index contributed by atoms with van der Waals surface area (Å²) < 4.78 is 6.10. The van der Waals surface area contributed by atoms with Crippen molar-refractivity contribution in [3.8, 4) is 0 Å². The smallest absolute Gasteiger partial charge is 0.0795 e. The Kier molecular flexibility index (Phi) is 4.73. The molecule has 3 aliphatic heterocycles. The summed E-state index contributed by atoms with van der Waals surface area (Å²) >= 11 is 2.07. The summed E-state index contributed by atoms with van der Waals surface area (Å²) in [5.74, 6) is 3.37. The van der Waals surface area contributed by atoms with Gasteiger partial charge in [0.2, 0.25) is 0 Å². The van der Waals surface area contributed by atoms with Crippen molar-refractivity contribution in [1.82, 2.24) is 10.2 Å². The summed E-state index contributed by atoms with van der Waals surface area (Å²) in [5, 5.41) is 3.85. The fraction of sp³-hybridized carbons (Fsp3) is 1.00. The van der Waals surface area contributed by atoms with E-state index in [1.165, 1.54) is 63.2 Å². The number of likely N-dealkylation sites (tertiary alicyclic amines) is 1. The summed E-state index contributed by atoms with van der Waals surface area (Å²) in [7, 11) is 2.26. The highest BCUT2D eigenvalue weighted by molar-refractivity contribution is 7.99. The maximum Gasteiger partial charge on any atom is 0.0795 e. The van der Waals surface area contributed by atoms with Crippen LogP contribution < -0.4 is 5.32 Å². The number of ether oxygens (including phenoxy) is 1. The van der Waals surface area contributed by atoms with Crippen LogP contribution in [0.5, 0.6) is 0 Å². The predicted octanol–water partition coefficient (Wildman–Crippen LogP) is 1.97. The molecule has 3 aliphatic rings. The van der Waals surface area contributed by atoms with E-state index in [0.717, 1.165) is 12.5 Å². The number of nitrogens with one attached hydrogen (secondary N) is 1. The first-order valence-electron chi connectivity index (χ1n) is 7.89. The molecule has 3 fully saturated rings. The lowest BCUT2D eigenvalue weighted by Crippen LogP contribution is -2.49. The average Bonchev–Trinajstić information content (AvgIpc) is 2.85. The Morgan fingerprint density at radius 2 is 2.37 bits per heavy atom. The highest BCUT2D eigenvalue weighted by Gasteiger charge is 2.40. The molecule has 0 aromatic carbocycles. The van der Waals surface area contributed by atoms with Gasteiger partial charge in [0.05, 0.1) is 5.60 Å². The van der Waals surface area contributed by atoms with Crippen molar-refractivity contribution in [1.29, 1.82) is 0 Å². The predicted molar refractivity (Wildman–Crippen MR) is 81.9 cm³/mol. The zero-order valence-corrected chi connectivity index (χ0v) is 13.0. The van der Waals surface area contributed by atoms with Gasteiger partial charge in [-0.15, -0.1) is 0 Å². The lowest BCUT2D eigenvalue weighted by molar-refractivity contribution is -0.0706. The van der Waals surface area contributed by atoms with Crippen LogP contribution in [0.3, 0.4) is 0 Å². The quantitative estimate of drug-likeness (QED) is 0.856. The van der Waals surface area contributed by atoms with Gasteiger partial charge in [-0.3, -0.25) is 0 Å². The molecule has 3 atom stereocenters. The Labute approximate surface area is 121 Å². The molecule has 19 heavy (non-hydrogen) atoms.